The number of aldehydes is 1. The van der Waals surface area contributed by atoms with E-state index in [-0.39, 0.29) is 0 Å². The summed E-state index contributed by atoms with van der Waals surface area (Å²) in [4.78, 5) is 10.5. The predicted molar refractivity (Wildman–Crippen MR) is 58.6 cm³/mol. The first-order chi connectivity index (χ1) is 6.67. The molecule has 0 atom stereocenters. The van der Waals surface area contributed by atoms with E-state index >= 15 is 0 Å². The molecule has 0 saturated heterocycles. The van der Waals surface area contributed by atoms with Crippen LogP contribution in [0.3, 0.4) is 0 Å². The van der Waals surface area contributed by atoms with Crippen molar-refractivity contribution < 1.29 is 4.79 Å². The van der Waals surface area contributed by atoms with Gasteiger partial charge in [0.1, 0.15) is 6.29 Å². The van der Waals surface area contributed by atoms with Crippen molar-refractivity contribution in [3.63, 3.8) is 0 Å². The summed E-state index contributed by atoms with van der Waals surface area (Å²) < 4.78 is 0. The zero-order valence-electron chi connectivity index (χ0n) is 8.63. The Balaban J connectivity index is 2.70. The molecular formula is C12H15NO. The normalized spacial score (nSPS) is 19.9. The second-order valence-corrected chi connectivity index (χ2v) is 3.39. The average molecular weight is 189 g/mol. The van der Waals surface area contributed by atoms with E-state index in [4.69, 9.17) is 0 Å². The van der Waals surface area contributed by atoms with Gasteiger partial charge in [0.25, 0.3) is 0 Å². The molecule has 2 heteroatoms. The molecule has 0 amide bonds. The summed E-state index contributed by atoms with van der Waals surface area (Å²) >= 11 is 0. The molecule has 1 aliphatic heterocycles. The topological polar surface area (TPSA) is 29.1 Å². The highest BCUT2D eigenvalue weighted by Gasteiger charge is 2.09. The van der Waals surface area contributed by atoms with Crippen molar-refractivity contribution in [3.05, 3.63) is 47.3 Å². The van der Waals surface area contributed by atoms with E-state index < -0.39 is 0 Å². The van der Waals surface area contributed by atoms with Crippen LogP contribution in [0.15, 0.2) is 47.3 Å². The molecule has 0 aromatic carbocycles. The lowest BCUT2D eigenvalue weighted by molar-refractivity contribution is -0.104. The molecule has 0 bridgehead atoms. The van der Waals surface area contributed by atoms with Crippen LogP contribution < -0.4 is 5.32 Å². The number of hydrogen-bond donors (Lipinski definition) is 1. The molecule has 1 aliphatic rings. The van der Waals surface area contributed by atoms with Crippen molar-refractivity contribution >= 4 is 6.29 Å². The Morgan fingerprint density at radius 2 is 2.21 bits per heavy atom. The predicted octanol–water partition coefficient (Wildman–Crippen LogP) is 2.47. The third-order valence-electron chi connectivity index (χ3n) is 2.29. The van der Waals surface area contributed by atoms with Crippen molar-refractivity contribution in [1.29, 1.82) is 0 Å². The minimum Gasteiger partial charge on any atom is -0.362 e. The third-order valence-corrected chi connectivity index (χ3v) is 2.29. The van der Waals surface area contributed by atoms with Crippen molar-refractivity contribution in [1.82, 2.24) is 5.32 Å². The Bertz CT molecular complexity index is 319. The lowest BCUT2D eigenvalue weighted by Crippen LogP contribution is -2.02. The van der Waals surface area contributed by atoms with Crippen LogP contribution in [-0.4, -0.2) is 6.29 Å². The maximum atomic E-state index is 10.5. The quantitative estimate of drug-likeness (QED) is 0.420. The van der Waals surface area contributed by atoms with Crippen LogP contribution in [0.2, 0.25) is 0 Å². The highest BCUT2D eigenvalue weighted by atomic mass is 16.1. The summed E-state index contributed by atoms with van der Waals surface area (Å²) in [5, 5.41) is 3.25. The molecule has 1 rings (SSSR count). The molecule has 0 aromatic heterocycles. The molecule has 14 heavy (non-hydrogen) atoms. The van der Waals surface area contributed by atoms with Crippen LogP contribution in [-0.2, 0) is 4.79 Å². The second kappa shape index (κ2) is 4.61. The van der Waals surface area contributed by atoms with Gasteiger partial charge in [-0.1, -0.05) is 12.7 Å². The zero-order valence-corrected chi connectivity index (χ0v) is 8.63. The van der Waals surface area contributed by atoms with Gasteiger partial charge in [-0.05, 0) is 31.6 Å². The van der Waals surface area contributed by atoms with E-state index in [1.54, 1.807) is 12.2 Å². The number of carbonyl (C=O) groups excluding carboxylic acids is 1. The Morgan fingerprint density at radius 1 is 1.50 bits per heavy atom. The summed E-state index contributed by atoms with van der Waals surface area (Å²) in [6.07, 6.45) is 6.98. The van der Waals surface area contributed by atoms with E-state index in [1.807, 2.05) is 13.0 Å². The summed E-state index contributed by atoms with van der Waals surface area (Å²) in [5.74, 6) is 0. The molecule has 1 heterocycles. The van der Waals surface area contributed by atoms with Crippen LogP contribution in [0, 0.1) is 0 Å². The molecule has 1 N–H and O–H groups in total. The summed E-state index contributed by atoms with van der Waals surface area (Å²) in [6, 6.07) is 0. The molecule has 0 radical (unpaired) electrons. The third kappa shape index (κ3) is 2.46. The monoisotopic (exact) mass is 189 g/mol. The van der Waals surface area contributed by atoms with E-state index in [0.29, 0.717) is 5.57 Å². The van der Waals surface area contributed by atoms with Gasteiger partial charge in [-0.25, -0.2) is 0 Å². The number of nitrogens with one attached hydrogen (secondary N) is 1. The van der Waals surface area contributed by atoms with E-state index in [0.717, 1.165) is 18.4 Å². The van der Waals surface area contributed by atoms with Crippen LogP contribution in [0.25, 0.3) is 0 Å². The minimum absolute atomic E-state index is 0.599. The van der Waals surface area contributed by atoms with Crippen LogP contribution in [0.5, 0.6) is 0 Å². The van der Waals surface area contributed by atoms with E-state index in [9.17, 15) is 4.79 Å². The SMILES string of the molecule is C=C/C(C=O)=C\C=C1/CC(C)=C(C)N1. The molecule has 0 saturated carbocycles. The maximum Gasteiger partial charge on any atom is 0.150 e. The lowest BCUT2D eigenvalue weighted by Gasteiger charge is -1.98. The van der Waals surface area contributed by atoms with Gasteiger partial charge < -0.3 is 5.32 Å². The summed E-state index contributed by atoms with van der Waals surface area (Å²) in [6.45, 7) is 7.70. The lowest BCUT2D eigenvalue weighted by atomic mass is 10.2. The van der Waals surface area contributed by atoms with Gasteiger partial charge in [-0.3, -0.25) is 4.79 Å². The molecule has 0 fully saturated rings. The van der Waals surface area contributed by atoms with E-state index in [1.165, 1.54) is 11.3 Å². The van der Waals surface area contributed by atoms with Crippen molar-refractivity contribution in [2.75, 3.05) is 0 Å². The molecular weight excluding hydrogens is 174 g/mol. The molecule has 2 nitrogen and oxygen atoms in total. The Labute approximate surface area is 84.7 Å². The maximum absolute atomic E-state index is 10.5. The average Bonchev–Trinajstić information content (AvgIpc) is 2.48. The van der Waals surface area contributed by atoms with Gasteiger partial charge in [-0.2, -0.15) is 0 Å². The molecule has 74 valence electrons. The van der Waals surface area contributed by atoms with Crippen LogP contribution in [0.4, 0.5) is 0 Å². The zero-order chi connectivity index (χ0) is 10.6. The molecule has 0 unspecified atom stereocenters. The highest BCUT2D eigenvalue weighted by molar-refractivity contribution is 5.77. The Hall–Kier alpha value is -1.57. The molecule has 0 aliphatic carbocycles. The number of carbonyl (C=O) groups is 1. The second-order valence-electron chi connectivity index (χ2n) is 3.39. The fourth-order valence-electron chi connectivity index (χ4n) is 1.26. The number of hydrogen-bond acceptors (Lipinski definition) is 2. The summed E-state index contributed by atoms with van der Waals surface area (Å²) in [5.41, 5.74) is 4.27. The van der Waals surface area contributed by atoms with Gasteiger partial charge in [-0.15, -0.1) is 0 Å². The van der Waals surface area contributed by atoms with Crippen molar-refractivity contribution in [2.45, 2.75) is 20.3 Å². The van der Waals surface area contributed by atoms with Gasteiger partial charge >= 0.3 is 0 Å². The molecule has 0 aromatic rings. The van der Waals surface area contributed by atoms with Gasteiger partial charge in [0.2, 0.25) is 0 Å². The van der Waals surface area contributed by atoms with Gasteiger partial charge in [0.05, 0.1) is 0 Å². The smallest absolute Gasteiger partial charge is 0.150 e. The Morgan fingerprint density at radius 3 is 2.64 bits per heavy atom. The fraction of sp³-hybridized carbons (Fsp3) is 0.250. The summed E-state index contributed by atoms with van der Waals surface area (Å²) in [7, 11) is 0. The van der Waals surface area contributed by atoms with Gasteiger partial charge in [0.15, 0.2) is 0 Å². The standard InChI is InChI=1S/C12H15NO/c1-4-11(8-14)5-6-12-7-9(2)10(3)13-12/h4-6,8,13H,1,7H2,2-3H3/b11-5+,12-6+. The first kappa shape index (κ1) is 10.5. The van der Waals surface area contributed by atoms with E-state index in [2.05, 4.69) is 18.8 Å². The first-order valence-corrected chi connectivity index (χ1v) is 4.59. The van der Waals surface area contributed by atoms with Crippen LogP contribution in [0.1, 0.15) is 20.3 Å². The van der Waals surface area contributed by atoms with Gasteiger partial charge in [0, 0.05) is 23.4 Å². The first-order valence-electron chi connectivity index (χ1n) is 4.59. The largest absolute Gasteiger partial charge is 0.362 e. The Kier molecular flexibility index (Phi) is 3.46. The van der Waals surface area contributed by atoms with Crippen molar-refractivity contribution in [3.8, 4) is 0 Å². The fourth-order valence-corrected chi connectivity index (χ4v) is 1.26. The highest BCUT2D eigenvalue weighted by Crippen LogP contribution is 2.20. The minimum atomic E-state index is 0.599. The number of rotatable bonds is 3. The van der Waals surface area contributed by atoms with Crippen molar-refractivity contribution in [2.24, 2.45) is 0 Å². The van der Waals surface area contributed by atoms with Crippen LogP contribution >= 0.6 is 0 Å². The number of allylic oxidation sites excluding steroid dienone is 6. The molecule has 0 spiro atoms.